The molecule has 1 saturated heterocycles. The number of nitrogen functional groups attached to an aromatic ring is 1. The Kier molecular flexibility index (Phi) is 8.21. The van der Waals surface area contributed by atoms with E-state index in [9.17, 15) is 9.90 Å². The van der Waals surface area contributed by atoms with E-state index in [4.69, 9.17) is 27.3 Å². The molecular weight excluding hydrogens is 526 g/mol. The van der Waals surface area contributed by atoms with E-state index in [1.807, 2.05) is 20.8 Å². The Balaban J connectivity index is 1.68. The highest BCUT2D eigenvalue weighted by molar-refractivity contribution is 6.69. The van der Waals surface area contributed by atoms with Crippen LogP contribution in [0, 0.1) is 16.2 Å². The fourth-order valence-electron chi connectivity index (χ4n) is 6.54. The van der Waals surface area contributed by atoms with Crippen LogP contribution >= 0.6 is 0 Å². The van der Waals surface area contributed by atoms with Crippen molar-refractivity contribution in [3.05, 3.63) is 51.6 Å². The second-order valence-corrected chi connectivity index (χ2v) is 12.8. The fourth-order valence-corrected chi connectivity index (χ4v) is 6.54. The lowest BCUT2D eigenvalue weighted by Crippen LogP contribution is -2.38. The monoisotopic (exact) mass is 569 g/mol. The van der Waals surface area contributed by atoms with E-state index in [-0.39, 0.29) is 39.9 Å². The molecule has 7 N–H and O–H groups in total. The van der Waals surface area contributed by atoms with Crippen molar-refractivity contribution in [3.8, 4) is 0 Å². The maximum absolute atomic E-state index is 11.6. The minimum Gasteiger partial charge on any atom is -0.478 e. The summed E-state index contributed by atoms with van der Waals surface area (Å²) in [5.41, 5.74) is 20.7. The summed E-state index contributed by atoms with van der Waals surface area (Å²) in [5, 5.41) is 27.2. The topological polar surface area (TPSA) is 165 Å². The minimum atomic E-state index is -1.14. The van der Waals surface area contributed by atoms with E-state index < -0.39 is 11.4 Å². The molecule has 2 aromatic rings. The van der Waals surface area contributed by atoms with Gasteiger partial charge in [-0.25, -0.2) is 14.8 Å². The van der Waals surface area contributed by atoms with Crippen molar-refractivity contribution in [2.24, 2.45) is 21.1 Å². The Hall–Kier alpha value is -4.01. The van der Waals surface area contributed by atoms with Gasteiger partial charge in [-0.3, -0.25) is 5.41 Å². The van der Waals surface area contributed by atoms with Crippen molar-refractivity contribution in [2.45, 2.75) is 85.0 Å². The lowest BCUT2D eigenvalue weighted by Gasteiger charge is -2.34. The van der Waals surface area contributed by atoms with Crippen molar-refractivity contribution in [2.75, 3.05) is 23.7 Å². The van der Waals surface area contributed by atoms with Crippen molar-refractivity contribution in [1.82, 2.24) is 0 Å². The molecule has 42 heavy (non-hydrogen) atoms. The predicted molar refractivity (Wildman–Crippen MR) is 172 cm³/mol. The number of aliphatic imine (C=N–C) groups is 2. The van der Waals surface area contributed by atoms with Crippen LogP contribution in [0.5, 0.6) is 0 Å². The second-order valence-electron chi connectivity index (χ2n) is 12.8. The number of rotatable bonds is 6. The summed E-state index contributed by atoms with van der Waals surface area (Å²) in [7, 11) is 0. The average molecular weight is 570 g/mol. The van der Waals surface area contributed by atoms with Crippen LogP contribution in [0.2, 0.25) is 0 Å². The molecule has 0 spiro atoms. The van der Waals surface area contributed by atoms with Crippen molar-refractivity contribution < 1.29 is 9.90 Å². The number of hydrogen-bond donors (Lipinski definition) is 5. The van der Waals surface area contributed by atoms with Gasteiger partial charge in [-0.05, 0) is 105 Å². The molecule has 3 aliphatic rings. The van der Waals surface area contributed by atoms with Crippen molar-refractivity contribution in [1.29, 1.82) is 10.8 Å². The smallest absolute Gasteiger partial charge is 0.335 e. The zero-order valence-corrected chi connectivity index (χ0v) is 25.1. The third kappa shape index (κ3) is 5.82. The number of nitrogens with zero attached hydrogens (tertiary/aromatic N) is 3. The highest BCUT2D eigenvalue weighted by Crippen LogP contribution is 2.46. The number of nitrogens with one attached hydrogen (secondary N) is 2. The molecule has 222 valence electrons. The average Bonchev–Trinajstić information content (AvgIpc) is 3.48. The molecule has 0 radical (unpaired) electrons. The van der Waals surface area contributed by atoms with Crippen LogP contribution in [0.3, 0.4) is 0 Å². The lowest BCUT2D eigenvalue weighted by atomic mass is 9.79. The molecule has 1 fully saturated rings. The number of anilines is 2. The Bertz CT molecular complexity index is 1470. The summed E-state index contributed by atoms with van der Waals surface area (Å²) < 4.78 is 0. The minimum absolute atomic E-state index is 0.0306. The molecule has 0 amide bonds. The number of carboxylic acid groups (broad SMARTS) is 1. The molecule has 0 unspecified atom stereocenters. The van der Waals surface area contributed by atoms with E-state index in [1.54, 1.807) is 0 Å². The maximum Gasteiger partial charge on any atom is 0.335 e. The van der Waals surface area contributed by atoms with Crippen LogP contribution in [-0.4, -0.2) is 47.3 Å². The Morgan fingerprint density at radius 2 is 1.38 bits per heavy atom. The maximum atomic E-state index is 11.6. The Labute approximate surface area is 248 Å². The largest absolute Gasteiger partial charge is 0.478 e. The van der Waals surface area contributed by atoms with Gasteiger partial charge in [-0.15, -0.1) is 0 Å². The molecule has 0 aromatic heterocycles. The van der Waals surface area contributed by atoms with Gasteiger partial charge in [-0.1, -0.05) is 20.8 Å². The van der Waals surface area contributed by atoms with Crippen LogP contribution in [0.15, 0.2) is 28.2 Å². The van der Waals surface area contributed by atoms with Gasteiger partial charge in [0.05, 0.1) is 17.0 Å². The van der Waals surface area contributed by atoms with Crippen LogP contribution in [0.4, 0.5) is 17.1 Å². The second kappa shape index (κ2) is 11.7. The summed E-state index contributed by atoms with van der Waals surface area (Å²) in [6, 6.07) is 4.20. The van der Waals surface area contributed by atoms with Gasteiger partial charge in [0.1, 0.15) is 5.71 Å². The SMILES string of the molecule is CC(C)(C)C(=N)C(=Nc1c2c(c(N3CCCC3)c3c1CCCC3)CCCC2)C(N)=NC(=N)c1cc(N)cc(C(=O)O)c1. The predicted octanol–water partition coefficient (Wildman–Crippen LogP) is 5.85. The van der Waals surface area contributed by atoms with Gasteiger partial charge in [0.2, 0.25) is 0 Å². The van der Waals surface area contributed by atoms with Crippen LogP contribution in [-0.2, 0) is 25.7 Å². The number of carboxylic acids is 1. The van der Waals surface area contributed by atoms with E-state index in [0.717, 1.165) is 57.3 Å². The van der Waals surface area contributed by atoms with Gasteiger partial charge in [0.15, 0.2) is 11.7 Å². The number of benzene rings is 2. The van der Waals surface area contributed by atoms with Gasteiger partial charge >= 0.3 is 5.97 Å². The molecular formula is C33H43N7O2. The molecule has 0 bridgehead atoms. The first-order chi connectivity index (χ1) is 20.0. The summed E-state index contributed by atoms with van der Waals surface area (Å²) in [6.45, 7) is 8.05. The number of amidine groups is 2. The summed E-state index contributed by atoms with van der Waals surface area (Å²) >= 11 is 0. The molecule has 0 atom stereocenters. The lowest BCUT2D eigenvalue weighted by molar-refractivity contribution is 0.0697. The third-order valence-electron chi connectivity index (χ3n) is 8.66. The van der Waals surface area contributed by atoms with E-state index in [2.05, 4.69) is 9.89 Å². The standard InChI is InChI=1S/C33H43N7O2/c1-33(2,3)29(35)27(31(37)39-30(36)19-16-20(32(41)42)18-21(34)17-19)38-26-22-10-4-6-12-24(22)28(40-14-8-9-15-40)25-13-7-5-11-23(25)26/h16-18,35H,4-15,34H2,1-3H3,(H,41,42)(H3,36,37,39). The first kappa shape index (κ1) is 29.5. The first-order valence-corrected chi connectivity index (χ1v) is 15.2. The molecule has 0 saturated carbocycles. The molecule has 2 aliphatic carbocycles. The normalized spacial score (nSPS) is 17.5. The summed E-state index contributed by atoms with van der Waals surface area (Å²) in [5.74, 6) is -1.40. The molecule has 5 rings (SSSR count). The van der Waals surface area contributed by atoms with Gasteiger partial charge < -0.3 is 26.9 Å². The van der Waals surface area contributed by atoms with E-state index in [0.29, 0.717) is 0 Å². The Morgan fingerprint density at radius 3 is 1.90 bits per heavy atom. The van der Waals surface area contributed by atoms with Crippen LogP contribution < -0.4 is 16.4 Å². The van der Waals surface area contributed by atoms with Gasteiger partial charge in [0.25, 0.3) is 0 Å². The first-order valence-electron chi connectivity index (χ1n) is 15.2. The Morgan fingerprint density at radius 1 is 0.857 bits per heavy atom. The number of aromatic carboxylic acids is 1. The quantitative estimate of drug-likeness (QED) is 0.167. The molecule has 9 heteroatoms. The van der Waals surface area contributed by atoms with Gasteiger partial charge in [-0.2, -0.15) is 0 Å². The fraction of sp³-hybridized carbons (Fsp3) is 0.485. The van der Waals surface area contributed by atoms with Crippen molar-refractivity contribution in [3.63, 3.8) is 0 Å². The summed E-state index contributed by atoms with van der Waals surface area (Å²) in [6.07, 6.45) is 11.0. The van der Waals surface area contributed by atoms with Crippen molar-refractivity contribution >= 4 is 46.1 Å². The number of hydrogen-bond acceptors (Lipinski definition) is 6. The number of fused-ring (bicyclic) bond motifs is 2. The van der Waals surface area contributed by atoms with Crippen LogP contribution in [0.25, 0.3) is 0 Å². The van der Waals surface area contributed by atoms with E-state index >= 15 is 0 Å². The molecule has 1 heterocycles. The third-order valence-corrected chi connectivity index (χ3v) is 8.66. The number of carbonyl (C=O) groups is 1. The number of nitrogens with two attached hydrogens (primary N) is 2. The van der Waals surface area contributed by atoms with Gasteiger partial charge in [0, 0.05) is 35.4 Å². The summed E-state index contributed by atoms with van der Waals surface area (Å²) in [4.78, 5) is 23.8. The molecule has 9 nitrogen and oxygen atoms in total. The van der Waals surface area contributed by atoms with E-state index in [1.165, 1.54) is 71.8 Å². The zero-order valence-electron chi connectivity index (χ0n) is 25.1. The highest BCUT2D eigenvalue weighted by Gasteiger charge is 2.32. The molecule has 1 aliphatic heterocycles. The highest BCUT2D eigenvalue weighted by atomic mass is 16.4. The molecule has 2 aromatic carbocycles. The van der Waals surface area contributed by atoms with Crippen LogP contribution in [0.1, 0.15) is 97.5 Å². The zero-order chi connectivity index (χ0) is 30.2.